The van der Waals surface area contributed by atoms with E-state index in [1.165, 1.54) is 6.07 Å². The Morgan fingerprint density at radius 2 is 1.97 bits per heavy atom. The van der Waals surface area contributed by atoms with Gasteiger partial charge >= 0.3 is 5.97 Å². The fourth-order valence-corrected chi connectivity index (χ4v) is 3.56. The molecule has 0 saturated heterocycles. The number of esters is 1. The number of alkyl halides is 2. The number of ether oxygens (including phenoxy) is 1. The molecule has 10 heteroatoms. The molecule has 1 saturated carbocycles. The molecule has 0 bridgehead atoms. The minimum absolute atomic E-state index is 0.00234. The number of rotatable bonds is 10. The molecule has 2 aromatic rings. The summed E-state index contributed by atoms with van der Waals surface area (Å²) in [5.74, 6) is -2.34. The van der Waals surface area contributed by atoms with Gasteiger partial charge in [-0.25, -0.2) is 27.0 Å². The zero-order valence-corrected chi connectivity index (χ0v) is 17.1. The van der Waals surface area contributed by atoms with Crippen molar-refractivity contribution in [3.05, 3.63) is 51.8 Å². The second kappa shape index (κ2) is 9.78. The van der Waals surface area contributed by atoms with Crippen molar-refractivity contribution in [2.24, 2.45) is 5.92 Å². The second-order valence-electron chi connectivity index (χ2n) is 7.10. The number of carbonyl (C=O) groups excluding carboxylic acids is 1. The van der Waals surface area contributed by atoms with Crippen molar-refractivity contribution in [2.45, 2.75) is 45.2 Å². The van der Waals surface area contributed by atoms with Crippen LogP contribution in [0.4, 0.5) is 17.6 Å². The van der Waals surface area contributed by atoms with Gasteiger partial charge in [0.05, 0.1) is 19.2 Å². The van der Waals surface area contributed by atoms with Gasteiger partial charge in [-0.1, -0.05) is 17.7 Å². The monoisotopic (exact) mass is 447 g/mol. The molecule has 1 atom stereocenters. The largest absolute Gasteiger partial charge is 0.461 e. The van der Waals surface area contributed by atoms with Crippen molar-refractivity contribution in [3.8, 4) is 0 Å². The molecule has 1 unspecified atom stereocenters. The number of carbonyl (C=O) groups is 1. The summed E-state index contributed by atoms with van der Waals surface area (Å²) in [4.78, 5) is 12.3. The van der Waals surface area contributed by atoms with Crippen molar-refractivity contribution >= 4 is 17.6 Å². The van der Waals surface area contributed by atoms with Crippen molar-refractivity contribution in [3.63, 3.8) is 0 Å². The maximum Gasteiger partial charge on any atom is 0.359 e. The Kier molecular flexibility index (Phi) is 7.36. The maximum absolute atomic E-state index is 14.0. The summed E-state index contributed by atoms with van der Waals surface area (Å²) in [6.45, 7) is 1.52. The number of aromatic nitrogens is 2. The SMILES string of the molecule is CCOC(=O)c1nn(Cc2c(F)cccc2F)c(Cl)c1CCNC(C(F)F)C1CC1. The van der Waals surface area contributed by atoms with E-state index < -0.39 is 30.1 Å². The third-order valence-corrected chi connectivity index (χ3v) is 5.40. The zero-order chi connectivity index (χ0) is 21.8. The first-order chi connectivity index (χ1) is 14.3. The van der Waals surface area contributed by atoms with E-state index in [2.05, 4.69) is 10.4 Å². The molecule has 1 N–H and O–H groups in total. The number of hydrogen-bond donors (Lipinski definition) is 1. The van der Waals surface area contributed by atoms with E-state index in [-0.39, 0.29) is 54.0 Å². The van der Waals surface area contributed by atoms with E-state index in [1.807, 2.05) is 0 Å². The minimum Gasteiger partial charge on any atom is -0.461 e. The van der Waals surface area contributed by atoms with Gasteiger partial charge in [0.25, 0.3) is 6.43 Å². The first kappa shape index (κ1) is 22.6. The zero-order valence-electron chi connectivity index (χ0n) is 16.3. The van der Waals surface area contributed by atoms with Crippen LogP contribution in [-0.2, 0) is 17.7 Å². The summed E-state index contributed by atoms with van der Waals surface area (Å²) in [6, 6.07) is 2.53. The number of nitrogens with one attached hydrogen (secondary N) is 1. The van der Waals surface area contributed by atoms with Gasteiger partial charge in [-0.2, -0.15) is 5.10 Å². The molecule has 164 valence electrons. The highest BCUT2D eigenvalue weighted by atomic mass is 35.5. The summed E-state index contributed by atoms with van der Waals surface area (Å²) in [6.07, 6.45) is -0.863. The summed E-state index contributed by atoms with van der Waals surface area (Å²) in [5, 5.41) is 6.90. The van der Waals surface area contributed by atoms with Crippen LogP contribution >= 0.6 is 11.6 Å². The van der Waals surface area contributed by atoms with Gasteiger partial charge < -0.3 is 10.1 Å². The molecule has 1 aliphatic rings. The molecule has 1 aromatic carbocycles. The number of hydrogen-bond acceptors (Lipinski definition) is 4. The van der Waals surface area contributed by atoms with Crippen molar-refractivity contribution in [2.75, 3.05) is 13.2 Å². The van der Waals surface area contributed by atoms with Crippen LogP contribution in [0, 0.1) is 17.6 Å². The van der Waals surface area contributed by atoms with Gasteiger partial charge in [-0.15, -0.1) is 0 Å². The highest BCUT2D eigenvalue weighted by molar-refractivity contribution is 6.30. The van der Waals surface area contributed by atoms with Gasteiger partial charge in [0, 0.05) is 11.1 Å². The molecule has 30 heavy (non-hydrogen) atoms. The van der Waals surface area contributed by atoms with Crippen LogP contribution in [0.3, 0.4) is 0 Å². The van der Waals surface area contributed by atoms with Gasteiger partial charge in [0.1, 0.15) is 16.8 Å². The number of benzene rings is 1. The molecule has 1 heterocycles. The highest BCUT2D eigenvalue weighted by Crippen LogP contribution is 2.35. The smallest absolute Gasteiger partial charge is 0.359 e. The Morgan fingerprint density at radius 1 is 1.30 bits per heavy atom. The molecule has 1 fully saturated rings. The molecule has 1 aliphatic carbocycles. The lowest BCUT2D eigenvalue weighted by atomic mass is 10.1. The molecule has 3 rings (SSSR count). The average molecular weight is 448 g/mol. The van der Waals surface area contributed by atoms with Crippen molar-refractivity contribution in [1.82, 2.24) is 15.1 Å². The molecule has 0 spiro atoms. The van der Waals surface area contributed by atoms with Crippen molar-refractivity contribution in [1.29, 1.82) is 0 Å². The molecule has 0 radical (unpaired) electrons. The lowest BCUT2D eigenvalue weighted by Gasteiger charge is -2.17. The van der Waals surface area contributed by atoms with Crippen LogP contribution in [0.2, 0.25) is 5.15 Å². The van der Waals surface area contributed by atoms with Crippen LogP contribution in [0.5, 0.6) is 0 Å². The maximum atomic E-state index is 14.0. The Hall–Kier alpha value is -2.13. The van der Waals surface area contributed by atoms with Gasteiger partial charge in [0.15, 0.2) is 5.69 Å². The summed E-state index contributed by atoms with van der Waals surface area (Å²) < 4.78 is 60.5. The topological polar surface area (TPSA) is 56.1 Å². The number of nitrogens with zero attached hydrogens (tertiary/aromatic N) is 2. The highest BCUT2D eigenvalue weighted by Gasteiger charge is 2.36. The number of halogens is 5. The Labute approximate surface area is 176 Å². The van der Waals surface area contributed by atoms with Gasteiger partial charge in [-0.05, 0) is 50.8 Å². The van der Waals surface area contributed by atoms with Crippen LogP contribution in [-0.4, -0.2) is 41.4 Å². The molecule has 0 amide bonds. The molecule has 5 nitrogen and oxygen atoms in total. The van der Waals surface area contributed by atoms with E-state index in [0.717, 1.165) is 29.7 Å². The van der Waals surface area contributed by atoms with Gasteiger partial charge in [0.2, 0.25) is 0 Å². The first-order valence-electron chi connectivity index (χ1n) is 9.70. The van der Waals surface area contributed by atoms with E-state index in [0.29, 0.717) is 0 Å². The lowest BCUT2D eigenvalue weighted by Crippen LogP contribution is -2.38. The van der Waals surface area contributed by atoms with Gasteiger partial charge in [-0.3, -0.25) is 0 Å². The average Bonchev–Trinajstić information content (AvgIpc) is 3.47. The van der Waals surface area contributed by atoms with Crippen LogP contribution < -0.4 is 5.32 Å². The van der Waals surface area contributed by atoms with E-state index in [1.54, 1.807) is 6.92 Å². The third kappa shape index (κ3) is 5.13. The predicted molar refractivity (Wildman–Crippen MR) is 103 cm³/mol. The fraction of sp³-hybridized carbons (Fsp3) is 0.500. The normalized spacial score (nSPS) is 14.9. The standard InChI is InChI=1S/C20H22ClF4N3O2/c1-2-30-20(29)17-12(8-9-26-16(19(24)25)11-6-7-11)18(21)28(27-17)10-13-14(22)4-3-5-15(13)23/h3-5,11,16,19,26H,2,6-10H2,1H3. The van der Waals surface area contributed by atoms with E-state index in [4.69, 9.17) is 16.3 Å². The Morgan fingerprint density at radius 3 is 2.53 bits per heavy atom. The molecule has 0 aliphatic heterocycles. The fourth-order valence-electron chi connectivity index (χ4n) is 3.28. The Bertz CT molecular complexity index is 880. The molecule has 1 aromatic heterocycles. The Balaban J connectivity index is 1.82. The quantitative estimate of drug-likeness (QED) is 0.438. The second-order valence-corrected chi connectivity index (χ2v) is 7.46. The molecular weight excluding hydrogens is 426 g/mol. The first-order valence-corrected chi connectivity index (χ1v) is 10.1. The van der Waals surface area contributed by atoms with E-state index in [9.17, 15) is 22.4 Å². The van der Waals surface area contributed by atoms with Crippen LogP contribution in [0.25, 0.3) is 0 Å². The van der Waals surface area contributed by atoms with E-state index >= 15 is 0 Å². The van der Waals surface area contributed by atoms with Crippen LogP contribution in [0.15, 0.2) is 18.2 Å². The predicted octanol–water partition coefficient (Wildman–Crippen LogP) is 4.22. The summed E-state index contributed by atoms with van der Waals surface area (Å²) >= 11 is 6.35. The van der Waals surface area contributed by atoms with Crippen LogP contribution in [0.1, 0.15) is 41.4 Å². The molecular formula is C20H22ClF4N3O2. The summed E-state index contributed by atoms with van der Waals surface area (Å²) in [5.41, 5.74) is -0.0722. The third-order valence-electron chi connectivity index (χ3n) is 4.98. The van der Waals surface area contributed by atoms with Crippen molar-refractivity contribution < 1.29 is 27.1 Å². The summed E-state index contributed by atoms with van der Waals surface area (Å²) in [7, 11) is 0. The minimum atomic E-state index is -2.50. The lowest BCUT2D eigenvalue weighted by molar-refractivity contribution is 0.0516.